The fourth-order valence-corrected chi connectivity index (χ4v) is 95.0. The number of rotatable bonds is 68. The van der Waals surface area contributed by atoms with E-state index in [1.807, 2.05) is 0 Å². The highest BCUT2D eigenvalue weighted by Crippen LogP contribution is 2.47. The van der Waals surface area contributed by atoms with Crippen LogP contribution >= 0.6 is 0 Å². The summed E-state index contributed by atoms with van der Waals surface area (Å²) in [7, 11) is -30.8. The highest BCUT2D eigenvalue weighted by Gasteiger charge is 2.48. The maximum Gasteiger partial charge on any atom is 0.312 e. The van der Waals surface area contributed by atoms with Crippen molar-refractivity contribution < 1.29 is 100 Å². The zero-order chi connectivity index (χ0) is 95.5. The zero-order valence-electron chi connectivity index (χ0n) is 87.4. The van der Waals surface area contributed by atoms with Gasteiger partial charge in [-0.3, -0.25) is 0 Å². The van der Waals surface area contributed by atoms with Crippen molar-refractivity contribution in [2.45, 2.75) is 401 Å². The van der Waals surface area contributed by atoms with E-state index < -0.39 is 150 Å². The molecule has 0 heterocycles. The third kappa shape index (κ3) is 57.2. The second-order valence-corrected chi connectivity index (χ2v) is 117. The maximum absolute atomic E-state index is 10.2. The summed E-state index contributed by atoms with van der Waals surface area (Å²) in [5.74, 6) is 0. The van der Waals surface area contributed by atoms with Crippen molar-refractivity contribution in [1.82, 2.24) is 0 Å². The van der Waals surface area contributed by atoms with Crippen LogP contribution in [-0.2, 0) is 69.6 Å². The summed E-state index contributed by atoms with van der Waals surface area (Å²) in [5.41, 5.74) is 2.20. The molecule has 732 valence electrons. The van der Waals surface area contributed by atoms with Crippen molar-refractivity contribution in [3.63, 3.8) is 0 Å². The van der Waals surface area contributed by atoms with E-state index in [0.29, 0.717) is 52.9 Å². The Hall–Kier alpha value is 2.59. The monoisotopic (exact) mass is 2000 g/mol. The Morgan fingerprint density at radius 3 is 0.455 bits per heavy atom. The van der Waals surface area contributed by atoms with Crippen LogP contribution in [0.2, 0.25) is 279 Å². The van der Waals surface area contributed by atoms with Gasteiger partial charge in [0.15, 0.2) is 66.5 Å². The molecule has 0 bridgehead atoms. The second kappa shape index (κ2) is 55.6. The molecule has 0 radical (unpaired) electrons. The van der Waals surface area contributed by atoms with E-state index in [2.05, 4.69) is 293 Å². The number of ether oxygens (including phenoxy) is 6. The molecule has 38 heteroatoms. The molecule has 0 spiro atoms. The first-order chi connectivity index (χ1) is 54.3. The van der Waals surface area contributed by atoms with E-state index in [0.717, 1.165) is 95.9 Å². The highest BCUT2D eigenvalue weighted by atomic mass is 28.5. The fraction of sp³-hybridized carbons (Fsp3) is 1.00. The first kappa shape index (κ1) is 128. The summed E-state index contributed by atoms with van der Waals surface area (Å²) in [4.78, 5) is 0. The van der Waals surface area contributed by atoms with Crippen LogP contribution in [0.25, 0.3) is 0 Å². The highest BCUT2D eigenvalue weighted by molar-refractivity contribution is 6.92. The second-order valence-electron chi connectivity index (χ2n) is 46.4. The molecule has 0 unspecified atom stereocenters. The predicted molar refractivity (Wildman–Crippen MR) is 552 cm³/mol. The van der Waals surface area contributed by atoms with Gasteiger partial charge < -0.3 is 100 Å². The molecular formula is C83H204O22Si16. The molecule has 0 rings (SSSR count). The Bertz CT molecular complexity index is 2490. The van der Waals surface area contributed by atoms with Gasteiger partial charge in [0, 0.05) is 39.6 Å². The average Bonchev–Trinajstić information content (AvgIpc) is 0.808. The van der Waals surface area contributed by atoms with Crippen LogP contribution in [0.15, 0.2) is 0 Å². The van der Waals surface area contributed by atoms with E-state index in [-0.39, 0.29) is 66.1 Å². The molecular weight excluding hydrogens is 1800 g/mol. The van der Waals surface area contributed by atoms with Crippen molar-refractivity contribution in [3.8, 4) is 0 Å². The summed E-state index contributed by atoms with van der Waals surface area (Å²) in [6, 6.07) is 6.37. The molecule has 0 amide bonds. The minimum atomic E-state index is -2.36. The lowest BCUT2D eigenvalue weighted by atomic mass is 9.92. The molecule has 0 aliphatic carbocycles. The van der Waals surface area contributed by atoms with Gasteiger partial charge in [0.25, 0.3) is 0 Å². The molecule has 0 fully saturated rings. The lowest BCUT2D eigenvalue weighted by molar-refractivity contribution is -0.0769. The van der Waals surface area contributed by atoms with Crippen LogP contribution < -0.4 is 0 Å². The third-order valence-corrected chi connectivity index (χ3v) is 86.1. The molecule has 22 nitrogen and oxygen atoms in total. The van der Waals surface area contributed by atoms with Gasteiger partial charge in [0.1, 0.15) is 0 Å². The molecule has 0 saturated heterocycles. The van der Waals surface area contributed by atoms with E-state index >= 15 is 0 Å². The molecule has 121 heavy (non-hydrogen) atoms. The Morgan fingerprint density at radius 1 is 0.190 bits per heavy atom. The zero-order valence-corrected chi connectivity index (χ0v) is 103. The molecule has 0 aromatic rings. The first-order valence-electron chi connectivity index (χ1n) is 46.5. The van der Waals surface area contributed by atoms with Gasteiger partial charge in [-0.05, 0) is 272 Å². The van der Waals surface area contributed by atoms with Gasteiger partial charge >= 0.3 is 51.4 Å². The van der Waals surface area contributed by atoms with Crippen LogP contribution in [0.5, 0.6) is 0 Å². The minimum Gasteiger partial charge on any atom is -0.437 e. The van der Waals surface area contributed by atoms with Crippen LogP contribution in [0.4, 0.5) is 0 Å². The summed E-state index contributed by atoms with van der Waals surface area (Å²) in [6.07, 6.45) is 5.56. The normalized spacial score (nSPS) is 14.7. The average molecular weight is 2000 g/mol. The molecule has 6 N–H and O–H groups in total. The van der Waals surface area contributed by atoms with Gasteiger partial charge in [-0.15, -0.1) is 0 Å². The molecule has 0 aromatic carbocycles. The molecule has 0 aliphatic rings. The summed E-state index contributed by atoms with van der Waals surface area (Å²) in [6.45, 7) is 103. The van der Waals surface area contributed by atoms with E-state index in [9.17, 15) is 30.6 Å². The topological polar surface area (TPSA) is 269 Å². The Labute approximate surface area is 764 Å². The van der Waals surface area contributed by atoms with Crippen molar-refractivity contribution >= 4 is 134 Å². The molecule has 0 aromatic heterocycles. The van der Waals surface area contributed by atoms with Crippen LogP contribution in [-0.4, -0.2) is 284 Å². The van der Waals surface area contributed by atoms with Crippen LogP contribution in [0.3, 0.4) is 0 Å². The SMILES string of the molecule is CC(C)[Si](CCCOCC(CO)(CO)COCCC[Si](C(C)C)(C(C)C)C(C)C)(C(C)C)C(C)C.C[Si](C)(C)O[Si](C)(C)O[Si](C)(C)CCCOCC(CO)(CO)COCCC[Si](C)(C)O[Si](C)(C)O[Si](C)(C)C.C[Si](C)(C)O[Si](C)(C)O[Si](C)(C)O[Si](C)(C)CCCOCC(CO)(CO)COCCC[Si](C)(C)O[Si](C)(C)O[Si](C)(C)O[Si](C)(C)C. The maximum atomic E-state index is 10.2. The number of hydrogen-bond acceptors (Lipinski definition) is 22. The van der Waals surface area contributed by atoms with Gasteiger partial charge in [-0.2, -0.15) is 0 Å². The molecule has 0 saturated carbocycles. The largest absolute Gasteiger partial charge is 0.437 e. The van der Waals surface area contributed by atoms with Crippen molar-refractivity contribution in [2.24, 2.45) is 16.2 Å². The van der Waals surface area contributed by atoms with Gasteiger partial charge in [0.2, 0.25) is 0 Å². The molecule has 0 aliphatic heterocycles. The van der Waals surface area contributed by atoms with E-state index in [1.54, 1.807) is 0 Å². The quantitative estimate of drug-likeness (QED) is 0.0244. The predicted octanol–water partition coefficient (Wildman–Crippen LogP) is 22.2. The third-order valence-electron chi connectivity index (χ3n) is 22.3. The number of aliphatic hydroxyl groups is 6. The van der Waals surface area contributed by atoms with E-state index in [4.69, 9.17) is 69.6 Å². The lowest BCUT2D eigenvalue weighted by Gasteiger charge is -2.43. The van der Waals surface area contributed by atoms with Crippen molar-refractivity contribution in [3.05, 3.63) is 0 Å². The number of aliphatic hydroxyl groups excluding tert-OH is 6. The van der Waals surface area contributed by atoms with Crippen molar-refractivity contribution in [1.29, 1.82) is 0 Å². The van der Waals surface area contributed by atoms with Gasteiger partial charge in [-0.25, -0.2) is 0 Å². The van der Waals surface area contributed by atoms with Crippen LogP contribution in [0.1, 0.15) is 122 Å². The summed E-state index contributed by atoms with van der Waals surface area (Å²) < 4.78 is 101. The lowest BCUT2D eigenvalue weighted by Crippen LogP contribution is -2.55. The number of hydrogen-bond donors (Lipinski definition) is 6. The van der Waals surface area contributed by atoms with Crippen LogP contribution in [0, 0.1) is 16.2 Å². The fourth-order valence-electron chi connectivity index (χ4n) is 18.8. The minimum absolute atomic E-state index is 0.116. The summed E-state index contributed by atoms with van der Waals surface area (Å²) >= 11 is 0. The van der Waals surface area contributed by atoms with Gasteiger partial charge in [0.05, 0.1) is 112 Å². The molecule has 0 atom stereocenters. The van der Waals surface area contributed by atoms with Crippen molar-refractivity contribution in [2.75, 3.05) is 119 Å². The summed E-state index contributed by atoms with van der Waals surface area (Å²) in [5, 5.41) is 60.5. The Kier molecular flexibility index (Phi) is 58.7. The Morgan fingerprint density at radius 2 is 0.322 bits per heavy atom. The standard InChI is InChI=1S/C29H76O10Si8.C29H64O4Si2.C25H64O8Si6/c1-40(2,3)34-44(11,12)38-46(15,16)36-42(7,8)23-19-21-32-27-29(25-30,26-31)28-33-22-20-24-43(9,10)37-47(17,18)39-45(13,14)35-41(4,5)6;1-23(2)34(24(3)4,25(5)6)17-13-15-32-21-29(19-30,20-31)22-33-16-14-18-35(26(7)8,27(9)10)28(11)12;1-34(2,3)30-38(11,12)32-36(7,8)19-15-17-28-23-25(21-26,22-27)24-29-18-16-20-37(9,10)33-39(13,14)31-35(4,5)6/h30-31H,19-28H2,1-18H3;23-28,30-31H,13-22H2,1-12H3;26-27H,15-24H2,1-14H3. The smallest absolute Gasteiger partial charge is 0.312 e. The first-order valence-corrected chi connectivity index (χ1v) is 94.3. The van der Waals surface area contributed by atoms with Gasteiger partial charge in [-0.1, -0.05) is 128 Å². The Balaban J connectivity index is -0.00000175. The van der Waals surface area contributed by atoms with E-state index in [1.165, 1.54) is 12.1 Å².